The van der Waals surface area contributed by atoms with Crippen LogP contribution in [-0.2, 0) is 14.4 Å². The van der Waals surface area contributed by atoms with Crippen LogP contribution in [0.2, 0.25) is 0 Å². The zero-order chi connectivity index (χ0) is 18.9. The number of carbonyl (C=O) groups excluding carboxylic acids is 3. The number of primary amides is 1. The number of nitrogens with zero attached hydrogens (tertiary/aromatic N) is 1. The zero-order valence-corrected chi connectivity index (χ0v) is 14.8. The van der Waals surface area contributed by atoms with Gasteiger partial charge in [-0.15, -0.1) is 0 Å². The summed E-state index contributed by atoms with van der Waals surface area (Å²) >= 11 is 0. The molecule has 1 aromatic carbocycles. The van der Waals surface area contributed by atoms with Crippen LogP contribution in [-0.4, -0.2) is 53.8 Å². The number of hydrogen-bond donors (Lipinski definition) is 3. The molecule has 1 aromatic rings. The maximum atomic E-state index is 13.1. The average Bonchev–Trinajstić information content (AvgIpc) is 2.91. The lowest BCUT2D eigenvalue weighted by molar-refractivity contribution is -0.920. The van der Waals surface area contributed by atoms with E-state index >= 15 is 0 Å². The van der Waals surface area contributed by atoms with Crippen LogP contribution < -0.4 is 16.0 Å². The summed E-state index contributed by atoms with van der Waals surface area (Å²) in [6.07, 6.45) is 1.11. The maximum Gasteiger partial charge on any atom is 0.287 e. The lowest BCUT2D eigenvalue weighted by Crippen LogP contribution is -3.18. The standard InChI is InChI=1S/C18H23FN4O3/c1-2-23-15(24)11-14(16(23)25)22-9-7-18(8-10-22,17(20)26)21-13-5-3-12(19)4-6-13/h3-6,14,21H,2,7-11H2,1H3,(H2,20,26)/p+1/t14-/m1/s1. The van der Waals surface area contributed by atoms with Crippen LogP contribution in [0.5, 0.6) is 0 Å². The molecule has 0 aliphatic carbocycles. The Hall–Kier alpha value is -2.48. The van der Waals surface area contributed by atoms with Crippen LogP contribution in [0, 0.1) is 5.82 Å². The molecule has 0 radical (unpaired) electrons. The molecule has 0 aromatic heterocycles. The van der Waals surface area contributed by atoms with E-state index in [9.17, 15) is 18.8 Å². The second kappa shape index (κ2) is 7.03. The predicted octanol–water partition coefficient (Wildman–Crippen LogP) is -0.712. The third kappa shape index (κ3) is 3.29. The summed E-state index contributed by atoms with van der Waals surface area (Å²) < 4.78 is 13.1. The Kier molecular flexibility index (Phi) is 4.95. The Morgan fingerprint density at radius 3 is 2.42 bits per heavy atom. The number of carbonyl (C=O) groups is 3. The lowest BCUT2D eigenvalue weighted by Gasteiger charge is -2.40. The predicted molar refractivity (Wildman–Crippen MR) is 92.7 cm³/mol. The number of likely N-dealkylation sites (tertiary alicyclic amines) is 2. The minimum Gasteiger partial charge on any atom is -0.371 e. The lowest BCUT2D eigenvalue weighted by atomic mass is 9.85. The molecule has 140 valence electrons. The second-order valence-electron chi connectivity index (χ2n) is 6.97. The molecule has 0 saturated carbocycles. The van der Waals surface area contributed by atoms with E-state index < -0.39 is 11.4 Å². The third-order valence-corrected chi connectivity index (χ3v) is 5.50. The molecule has 2 fully saturated rings. The summed E-state index contributed by atoms with van der Waals surface area (Å²) in [6, 6.07) is 5.40. The minimum absolute atomic E-state index is 0.133. The monoisotopic (exact) mass is 363 g/mol. The molecule has 0 bridgehead atoms. The van der Waals surface area contributed by atoms with Crippen molar-refractivity contribution >= 4 is 23.4 Å². The highest BCUT2D eigenvalue weighted by atomic mass is 19.1. The number of anilines is 1. The molecule has 2 heterocycles. The first kappa shape index (κ1) is 18.3. The molecule has 2 saturated heterocycles. The molecule has 26 heavy (non-hydrogen) atoms. The van der Waals surface area contributed by atoms with Gasteiger partial charge in [0.15, 0.2) is 6.04 Å². The molecule has 2 aliphatic rings. The molecule has 1 atom stereocenters. The summed E-state index contributed by atoms with van der Waals surface area (Å²) in [7, 11) is 0. The van der Waals surface area contributed by atoms with E-state index in [2.05, 4.69) is 5.32 Å². The van der Waals surface area contributed by atoms with Gasteiger partial charge in [-0.05, 0) is 31.2 Å². The molecular weight excluding hydrogens is 339 g/mol. The molecule has 7 nitrogen and oxygen atoms in total. The van der Waals surface area contributed by atoms with Gasteiger partial charge in [0.1, 0.15) is 11.4 Å². The van der Waals surface area contributed by atoms with Crippen molar-refractivity contribution in [3.05, 3.63) is 30.1 Å². The molecule has 3 rings (SSSR count). The van der Waals surface area contributed by atoms with Gasteiger partial charge >= 0.3 is 0 Å². The number of nitrogens with two attached hydrogens (primary N) is 1. The van der Waals surface area contributed by atoms with Crippen molar-refractivity contribution in [1.29, 1.82) is 0 Å². The Bertz CT molecular complexity index is 714. The Balaban J connectivity index is 1.70. The van der Waals surface area contributed by atoms with E-state index in [1.807, 2.05) is 0 Å². The number of quaternary nitrogens is 1. The number of benzene rings is 1. The fourth-order valence-electron chi connectivity index (χ4n) is 3.92. The molecule has 0 unspecified atom stereocenters. The number of imide groups is 1. The number of hydrogen-bond acceptors (Lipinski definition) is 4. The molecule has 0 spiro atoms. The molecule has 8 heteroatoms. The number of likely N-dealkylation sites (N-methyl/N-ethyl adjacent to an activating group) is 1. The van der Waals surface area contributed by atoms with Crippen molar-refractivity contribution < 1.29 is 23.7 Å². The van der Waals surface area contributed by atoms with Crippen LogP contribution in [0.3, 0.4) is 0 Å². The zero-order valence-electron chi connectivity index (χ0n) is 14.8. The number of nitrogens with one attached hydrogen (secondary N) is 2. The van der Waals surface area contributed by atoms with Gasteiger partial charge in [-0.3, -0.25) is 19.3 Å². The van der Waals surface area contributed by atoms with Gasteiger partial charge in [0.25, 0.3) is 5.91 Å². The van der Waals surface area contributed by atoms with Crippen molar-refractivity contribution in [3.63, 3.8) is 0 Å². The van der Waals surface area contributed by atoms with Crippen molar-refractivity contribution in [2.45, 2.75) is 37.8 Å². The van der Waals surface area contributed by atoms with Gasteiger partial charge in [0.2, 0.25) is 11.8 Å². The fraction of sp³-hybridized carbons (Fsp3) is 0.500. The van der Waals surface area contributed by atoms with Gasteiger partial charge in [-0.1, -0.05) is 0 Å². The Morgan fingerprint density at radius 1 is 1.31 bits per heavy atom. The van der Waals surface area contributed by atoms with Crippen molar-refractivity contribution in [1.82, 2.24) is 4.90 Å². The van der Waals surface area contributed by atoms with E-state index in [1.54, 1.807) is 19.1 Å². The summed E-state index contributed by atoms with van der Waals surface area (Å²) in [5.74, 6) is -1.09. The van der Waals surface area contributed by atoms with Crippen LogP contribution >= 0.6 is 0 Å². The normalized spacial score (nSPS) is 29.1. The Labute approximate surface area is 151 Å². The van der Waals surface area contributed by atoms with Crippen molar-refractivity contribution in [3.8, 4) is 0 Å². The van der Waals surface area contributed by atoms with Crippen molar-refractivity contribution in [2.75, 3.05) is 25.0 Å². The highest BCUT2D eigenvalue weighted by Crippen LogP contribution is 2.24. The van der Waals surface area contributed by atoms with E-state index in [0.717, 1.165) is 4.90 Å². The van der Waals surface area contributed by atoms with E-state index in [-0.39, 0.29) is 30.1 Å². The SMILES string of the molecule is CCN1C(=O)C[C@@H]([NH+]2CCC(Nc3ccc(F)cc3)(C(N)=O)CC2)C1=O. The van der Waals surface area contributed by atoms with Crippen LogP contribution in [0.15, 0.2) is 24.3 Å². The van der Waals surface area contributed by atoms with Gasteiger partial charge in [0, 0.05) is 25.1 Å². The average molecular weight is 363 g/mol. The first-order chi connectivity index (χ1) is 12.4. The molecule has 4 N–H and O–H groups in total. The topological polar surface area (TPSA) is 96.9 Å². The number of rotatable bonds is 5. The smallest absolute Gasteiger partial charge is 0.287 e. The minimum atomic E-state index is -0.933. The van der Waals surface area contributed by atoms with E-state index in [1.165, 1.54) is 17.0 Å². The van der Waals surface area contributed by atoms with E-state index in [0.29, 0.717) is 38.2 Å². The molecule has 2 aliphatic heterocycles. The van der Waals surface area contributed by atoms with E-state index in [4.69, 9.17) is 5.73 Å². The van der Waals surface area contributed by atoms with Gasteiger partial charge in [-0.25, -0.2) is 4.39 Å². The van der Waals surface area contributed by atoms with Gasteiger partial charge in [-0.2, -0.15) is 0 Å². The largest absolute Gasteiger partial charge is 0.371 e. The molecular formula is C18H24FN4O3+. The second-order valence-corrected chi connectivity index (χ2v) is 6.97. The molecule has 3 amide bonds. The number of amides is 3. The summed E-state index contributed by atoms with van der Waals surface area (Å²) in [5.41, 5.74) is 5.35. The van der Waals surface area contributed by atoms with Gasteiger partial charge in [0.05, 0.1) is 19.5 Å². The van der Waals surface area contributed by atoms with Gasteiger partial charge < -0.3 is 16.0 Å². The first-order valence-corrected chi connectivity index (χ1v) is 8.89. The fourth-order valence-corrected chi connectivity index (χ4v) is 3.92. The number of piperidine rings is 1. The van der Waals surface area contributed by atoms with Crippen LogP contribution in [0.1, 0.15) is 26.2 Å². The Morgan fingerprint density at radius 2 is 1.92 bits per heavy atom. The number of halogens is 1. The highest BCUT2D eigenvalue weighted by Gasteiger charge is 2.49. The first-order valence-electron chi connectivity index (χ1n) is 8.89. The summed E-state index contributed by atoms with van der Waals surface area (Å²) in [4.78, 5) is 38.8. The van der Waals surface area contributed by atoms with Crippen molar-refractivity contribution in [2.24, 2.45) is 5.73 Å². The van der Waals surface area contributed by atoms with Crippen LogP contribution in [0.4, 0.5) is 10.1 Å². The summed E-state index contributed by atoms with van der Waals surface area (Å²) in [5, 5.41) is 3.16. The van der Waals surface area contributed by atoms with Crippen LogP contribution in [0.25, 0.3) is 0 Å². The third-order valence-electron chi connectivity index (χ3n) is 5.50. The maximum absolute atomic E-state index is 13.1. The summed E-state index contributed by atoms with van der Waals surface area (Å²) in [6.45, 7) is 3.28. The quantitative estimate of drug-likeness (QED) is 0.602. The highest BCUT2D eigenvalue weighted by molar-refractivity contribution is 6.04.